The van der Waals surface area contributed by atoms with Gasteiger partial charge in [-0.3, -0.25) is 4.79 Å². The Kier molecular flexibility index (Phi) is 6.30. The van der Waals surface area contributed by atoms with E-state index < -0.39 is 0 Å². The van der Waals surface area contributed by atoms with Crippen molar-refractivity contribution in [1.29, 1.82) is 0 Å². The lowest BCUT2D eigenvalue weighted by atomic mass is 9.45. The first-order valence-corrected chi connectivity index (χ1v) is 13.0. The van der Waals surface area contributed by atoms with Gasteiger partial charge in [0.15, 0.2) is 5.78 Å². The fraction of sp³-hybridized carbons (Fsp3) is 0.893. The quantitative estimate of drug-likeness (QED) is 0.458. The second-order valence-corrected chi connectivity index (χ2v) is 12.4. The van der Waals surface area contributed by atoms with Gasteiger partial charge < -0.3 is 4.74 Å². The molecule has 2 nitrogen and oxygen atoms in total. The fourth-order valence-corrected chi connectivity index (χ4v) is 8.76. The van der Waals surface area contributed by atoms with E-state index in [1.165, 1.54) is 50.5 Å². The average molecular weight is 415 g/mol. The van der Waals surface area contributed by atoms with Crippen molar-refractivity contribution in [3.8, 4) is 0 Å². The van der Waals surface area contributed by atoms with Crippen LogP contribution in [0.3, 0.4) is 0 Å². The molecule has 0 amide bonds. The Balaban J connectivity index is 1.56. The number of fused-ring (bicyclic) bond motifs is 5. The van der Waals surface area contributed by atoms with Gasteiger partial charge in [0.25, 0.3) is 0 Å². The molecule has 2 heteroatoms. The lowest BCUT2D eigenvalue weighted by molar-refractivity contribution is -0.130. The van der Waals surface area contributed by atoms with Crippen LogP contribution in [0.2, 0.25) is 0 Å². The maximum Gasteiger partial charge on any atom is 0.155 e. The zero-order chi connectivity index (χ0) is 21.7. The van der Waals surface area contributed by atoms with Crippen LogP contribution in [0.25, 0.3) is 0 Å². The van der Waals surface area contributed by atoms with E-state index in [0.29, 0.717) is 29.1 Å². The Hall–Kier alpha value is -0.630. The Morgan fingerprint density at radius 3 is 2.53 bits per heavy atom. The topological polar surface area (TPSA) is 26.3 Å². The van der Waals surface area contributed by atoms with E-state index in [2.05, 4.69) is 34.6 Å². The minimum absolute atomic E-state index is 0.232. The second-order valence-electron chi connectivity index (χ2n) is 12.4. The third kappa shape index (κ3) is 3.63. The number of hydrogen-bond acceptors (Lipinski definition) is 2. The molecule has 0 unspecified atom stereocenters. The molecule has 0 bridgehead atoms. The predicted octanol–water partition coefficient (Wildman–Crippen LogP) is 7.22. The van der Waals surface area contributed by atoms with Gasteiger partial charge in [-0.1, -0.05) is 59.5 Å². The first kappa shape index (κ1) is 22.6. The lowest BCUT2D eigenvalue weighted by Crippen LogP contribution is -2.56. The van der Waals surface area contributed by atoms with Gasteiger partial charge in [-0.25, -0.2) is 0 Å². The van der Waals surface area contributed by atoms with Gasteiger partial charge in [-0.05, 0) is 90.9 Å². The molecule has 3 fully saturated rings. The summed E-state index contributed by atoms with van der Waals surface area (Å²) in [7, 11) is 1.92. The molecule has 0 spiro atoms. The number of rotatable bonds is 6. The Morgan fingerprint density at radius 1 is 1.07 bits per heavy atom. The molecule has 0 aliphatic heterocycles. The number of ether oxygens (including phenoxy) is 1. The summed E-state index contributed by atoms with van der Waals surface area (Å²) in [5.41, 5.74) is 2.12. The van der Waals surface area contributed by atoms with Gasteiger partial charge in [0.2, 0.25) is 0 Å². The zero-order valence-electron chi connectivity index (χ0n) is 20.5. The molecule has 4 aliphatic rings. The molecule has 0 heterocycles. The molecule has 30 heavy (non-hydrogen) atoms. The van der Waals surface area contributed by atoms with Crippen molar-refractivity contribution in [1.82, 2.24) is 0 Å². The highest BCUT2D eigenvalue weighted by Crippen LogP contribution is 2.68. The van der Waals surface area contributed by atoms with E-state index >= 15 is 0 Å². The van der Waals surface area contributed by atoms with Gasteiger partial charge in [0.1, 0.15) is 0 Å². The largest absolute Gasteiger partial charge is 0.381 e. The Bertz CT molecular complexity index is 678. The number of ketones is 1. The summed E-state index contributed by atoms with van der Waals surface area (Å²) in [6, 6.07) is 0. The van der Waals surface area contributed by atoms with E-state index in [-0.39, 0.29) is 5.41 Å². The van der Waals surface area contributed by atoms with Crippen molar-refractivity contribution >= 4 is 5.78 Å². The van der Waals surface area contributed by atoms with Crippen molar-refractivity contribution < 1.29 is 9.53 Å². The highest BCUT2D eigenvalue weighted by Gasteiger charge is 2.61. The monoisotopic (exact) mass is 414 g/mol. The van der Waals surface area contributed by atoms with Crippen molar-refractivity contribution in [3.05, 3.63) is 11.6 Å². The summed E-state index contributed by atoms with van der Waals surface area (Å²) in [6.07, 6.45) is 14.8. The van der Waals surface area contributed by atoms with Crippen molar-refractivity contribution in [3.63, 3.8) is 0 Å². The number of methoxy groups -OCH3 is 1. The minimum Gasteiger partial charge on any atom is -0.381 e. The first-order chi connectivity index (χ1) is 14.2. The van der Waals surface area contributed by atoms with Gasteiger partial charge >= 0.3 is 0 Å². The van der Waals surface area contributed by atoms with E-state index in [4.69, 9.17) is 4.74 Å². The highest BCUT2D eigenvalue weighted by molar-refractivity contribution is 5.91. The van der Waals surface area contributed by atoms with Crippen LogP contribution in [-0.4, -0.2) is 19.0 Å². The predicted molar refractivity (Wildman–Crippen MR) is 124 cm³/mol. The summed E-state index contributed by atoms with van der Waals surface area (Å²) in [6.45, 7) is 12.4. The molecular weight excluding hydrogens is 368 g/mol. The molecule has 4 aliphatic carbocycles. The third-order valence-electron chi connectivity index (χ3n) is 10.5. The molecule has 8 atom stereocenters. The van der Waals surface area contributed by atoms with Crippen LogP contribution in [0.4, 0.5) is 0 Å². The maximum atomic E-state index is 12.2. The van der Waals surface area contributed by atoms with Crippen LogP contribution in [0.15, 0.2) is 11.6 Å². The van der Waals surface area contributed by atoms with Crippen LogP contribution in [0.5, 0.6) is 0 Å². The summed E-state index contributed by atoms with van der Waals surface area (Å²) in [4.78, 5) is 12.2. The van der Waals surface area contributed by atoms with Crippen LogP contribution < -0.4 is 0 Å². The lowest BCUT2D eigenvalue weighted by Gasteiger charge is -2.60. The van der Waals surface area contributed by atoms with Crippen LogP contribution >= 0.6 is 0 Å². The van der Waals surface area contributed by atoms with Crippen molar-refractivity contribution in [2.24, 2.45) is 46.3 Å². The molecule has 0 aromatic rings. The SMILES string of the molecule is CO[C@@H]1CC2=CC(=O)CC[C@]2(C)[C@H]2CC[C@]3(C)[C@@H]([C@@H](C)CCCC(C)C)CC[C@H]3[C@H]12. The fourth-order valence-electron chi connectivity index (χ4n) is 8.76. The summed E-state index contributed by atoms with van der Waals surface area (Å²) in [5, 5.41) is 0. The zero-order valence-corrected chi connectivity index (χ0v) is 20.5. The Labute approximate surface area is 185 Å². The molecule has 0 saturated heterocycles. The van der Waals surface area contributed by atoms with E-state index in [9.17, 15) is 4.79 Å². The van der Waals surface area contributed by atoms with Crippen LogP contribution in [0.1, 0.15) is 98.8 Å². The van der Waals surface area contributed by atoms with Gasteiger partial charge in [0, 0.05) is 13.5 Å². The van der Waals surface area contributed by atoms with E-state index in [1.807, 2.05) is 13.2 Å². The molecule has 4 rings (SSSR count). The second kappa shape index (κ2) is 8.38. The van der Waals surface area contributed by atoms with E-state index in [0.717, 1.165) is 42.9 Å². The maximum absolute atomic E-state index is 12.2. The summed E-state index contributed by atoms with van der Waals surface area (Å²) in [5.74, 6) is 5.07. The number of carbonyl (C=O) groups excluding carboxylic acids is 1. The third-order valence-corrected chi connectivity index (χ3v) is 10.5. The number of hydrogen-bond donors (Lipinski definition) is 0. The standard InChI is InChI=1S/C28H46O2/c1-18(2)8-7-9-19(3)22-10-11-23-26-24(13-15-28(22,23)5)27(4)14-12-21(29)16-20(27)17-25(26)30-6/h16,18-19,22-26H,7-15,17H2,1-6H3/t19-,22+,23-,24-,25+,26-,27-,28+/m0/s1. The number of carbonyl (C=O) groups is 1. The molecule has 0 aromatic heterocycles. The molecular formula is C28H46O2. The average Bonchev–Trinajstić information content (AvgIpc) is 3.05. The molecule has 3 saturated carbocycles. The molecule has 170 valence electrons. The molecule has 0 N–H and O–H groups in total. The smallest absolute Gasteiger partial charge is 0.155 e. The van der Waals surface area contributed by atoms with Crippen molar-refractivity contribution in [2.45, 2.75) is 105 Å². The van der Waals surface area contributed by atoms with Gasteiger partial charge in [-0.15, -0.1) is 0 Å². The highest BCUT2D eigenvalue weighted by atomic mass is 16.5. The van der Waals surface area contributed by atoms with E-state index in [1.54, 1.807) is 0 Å². The van der Waals surface area contributed by atoms with Crippen molar-refractivity contribution in [2.75, 3.05) is 7.11 Å². The Morgan fingerprint density at radius 2 is 1.83 bits per heavy atom. The normalized spacial score (nSPS) is 44.3. The van der Waals surface area contributed by atoms with Gasteiger partial charge in [-0.2, -0.15) is 0 Å². The molecule has 0 radical (unpaired) electrons. The van der Waals surface area contributed by atoms with Crippen LogP contribution in [-0.2, 0) is 9.53 Å². The van der Waals surface area contributed by atoms with Gasteiger partial charge in [0.05, 0.1) is 6.10 Å². The van der Waals surface area contributed by atoms with Crippen LogP contribution in [0, 0.1) is 46.3 Å². The summed E-state index contributed by atoms with van der Waals surface area (Å²) >= 11 is 0. The minimum atomic E-state index is 0.232. The summed E-state index contributed by atoms with van der Waals surface area (Å²) < 4.78 is 6.18. The first-order valence-electron chi connectivity index (χ1n) is 13.0. The molecule has 0 aromatic carbocycles.